The van der Waals surface area contributed by atoms with Crippen molar-refractivity contribution in [2.45, 2.75) is 75.8 Å². The first kappa shape index (κ1) is 19.6. The molecule has 2 amide bonds. The van der Waals surface area contributed by atoms with E-state index in [-0.39, 0.29) is 23.2 Å². The maximum atomic E-state index is 12.2. The van der Waals surface area contributed by atoms with Crippen molar-refractivity contribution in [3.63, 3.8) is 0 Å². The number of anilines is 1. The van der Waals surface area contributed by atoms with Gasteiger partial charge in [0.25, 0.3) is 5.91 Å². The molecule has 0 aromatic carbocycles. The smallest absolute Gasteiger partial charge is 0.254 e. The van der Waals surface area contributed by atoms with Crippen LogP contribution in [0.2, 0.25) is 0 Å². The van der Waals surface area contributed by atoms with Gasteiger partial charge in [0.1, 0.15) is 5.56 Å². The van der Waals surface area contributed by atoms with Gasteiger partial charge in [0.05, 0.1) is 18.0 Å². The molecule has 30 heavy (non-hydrogen) atoms. The number of carbonyl (C=O) groups is 2. The molecule has 0 atom stereocenters. The van der Waals surface area contributed by atoms with E-state index in [1.165, 1.54) is 32.4 Å². The maximum absolute atomic E-state index is 12.2. The molecule has 0 radical (unpaired) electrons. The van der Waals surface area contributed by atoms with E-state index in [1.807, 2.05) is 0 Å². The van der Waals surface area contributed by atoms with E-state index < -0.39 is 11.4 Å². The first-order valence-corrected chi connectivity index (χ1v) is 11.3. The van der Waals surface area contributed by atoms with E-state index in [0.717, 1.165) is 38.5 Å². The van der Waals surface area contributed by atoms with E-state index >= 15 is 0 Å². The predicted octanol–water partition coefficient (Wildman–Crippen LogP) is 2.37. The van der Waals surface area contributed by atoms with Crippen LogP contribution in [0.1, 0.15) is 74.6 Å². The Balaban J connectivity index is 1.32. The van der Waals surface area contributed by atoms with Crippen molar-refractivity contribution in [1.82, 2.24) is 14.7 Å². The second-order valence-corrected chi connectivity index (χ2v) is 10.0. The minimum Gasteiger partial charge on any atom is -0.365 e. The number of rotatable bonds is 6. The van der Waals surface area contributed by atoms with Gasteiger partial charge in [-0.05, 0) is 56.8 Å². The minimum atomic E-state index is -0.612. The highest BCUT2D eigenvalue weighted by Gasteiger charge is 2.50. The Labute approximate surface area is 176 Å². The molecule has 4 fully saturated rings. The van der Waals surface area contributed by atoms with Gasteiger partial charge in [0.15, 0.2) is 5.82 Å². The molecule has 1 aliphatic heterocycles. The Kier molecular flexibility index (Phi) is 4.62. The second-order valence-electron chi connectivity index (χ2n) is 10.0. The lowest BCUT2D eigenvalue weighted by Crippen LogP contribution is -2.63. The SMILES string of the molecule is N#CC[C@]1(n2cc(C(N)=O)c(NC(=O)C3CC3)n2)CC[C@@H](N2CC3(CCC3)C2)CC1. The molecule has 8 heteroatoms. The number of hydrogen-bond donors (Lipinski definition) is 2. The first-order chi connectivity index (χ1) is 14.4. The number of carbonyl (C=O) groups excluding carboxylic acids is 2. The summed E-state index contributed by atoms with van der Waals surface area (Å²) in [7, 11) is 0. The van der Waals surface area contributed by atoms with Crippen LogP contribution in [-0.4, -0.2) is 45.6 Å². The molecule has 5 rings (SSSR count). The summed E-state index contributed by atoms with van der Waals surface area (Å²) in [5, 5.41) is 16.9. The van der Waals surface area contributed by atoms with E-state index in [9.17, 15) is 14.9 Å². The Morgan fingerprint density at radius 1 is 1.20 bits per heavy atom. The fourth-order valence-electron chi connectivity index (χ4n) is 5.66. The zero-order chi connectivity index (χ0) is 20.9. The predicted molar refractivity (Wildman–Crippen MR) is 110 cm³/mol. The fraction of sp³-hybridized carbons (Fsp3) is 0.727. The van der Waals surface area contributed by atoms with Crippen molar-refractivity contribution in [2.75, 3.05) is 18.4 Å². The number of aromatic nitrogens is 2. The average molecular weight is 411 g/mol. The molecule has 3 N–H and O–H groups in total. The van der Waals surface area contributed by atoms with Crippen LogP contribution in [0.25, 0.3) is 0 Å². The third kappa shape index (κ3) is 3.29. The van der Waals surface area contributed by atoms with Crippen molar-refractivity contribution in [1.29, 1.82) is 5.26 Å². The third-order valence-electron chi connectivity index (χ3n) is 7.96. The summed E-state index contributed by atoms with van der Waals surface area (Å²) in [6.45, 7) is 2.46. The normalized spacial score (nSPS) is 30.2. The number of hydrogen-bond acceptors (Lipinski definition) is 5. The van der Waals surface area contributed by atoms with Crippen LogP contribution in [0.4, 0.5) is 5.82 Å². The number of amides is 2. The van der Waals surface area contributed by atoms with Crippen molar-refractivity contribution in [3.05, 3.63) is 11.8 Å². The molecule has 1 aromatic heterocycles. The molecule has 2 heterocycles. The van der Waals surface area contributed by atoms with E-state index in [1.54, 1.807) is 10.9 Å². The van der Waals surface area contributed by atoms with E-state index in [0.29, 0.717) is 17.9 Å². The number of nitrogens with one attached hydrogen (secondary N) is 1. The quantitative estimate of drug-likeness (QED) is 0.747. The monoisotopic (exact) mass is 410 g/mol. The zero-order valence-corrected chi connectivity index (χ0v) is 17.4. The lowest BCUT2D eigenvalue weighted by Gasteiger charge is -2.59. The molecule has 0 bridgehead atoms. The molecule has 1 aromatic rings. The Morgan fingerprint density at radius 3 is 2.43 bits per heavy atom. The Hall–Kier alpha value is -2.40. The lowest BCUT2D eigenvalue weighted by atomic mass is 9.62. The standard InChI is InChI=1S/C22H30N6O2/c23-11-10-22(8-4-16(5-9-22)27-13-21(14-27)6-1-7-21)28-12-17(18(24)29)19(26-28)25-20(30)15-2-3-15/h12,15-16H,1-10,13-14H2,(H2,24,29)(H,25,26,30)/t16-,22+. The van der Waals surface area contributed by atoms with Gasteiger partial charge in [0, 0.05) is 31.2 Å². The van der Waals surface area contributed by atoms with Gasteiger partial charge >= 0.3 is 0 Å². The maximum Gasteiger partial charge on any atom is 0.254 e. The number of primary amides is 1. The molecule has 8 nitrogen and oxygen atoms in total. The summed E-state index contributed by atoms with van der Waals surface area (Å²) in [5.74, 6) is -0.480. The fourth-order valence-corrected chi connectivity index (χ4v) is 5.66. The van der Waals surface area contributed by atoms with E-state index in [4.69, 9.17) is 5.73 Å². The van der Waals surface area contributed by atoms with E-state index in [2.05, 4.69) is 21.4 Å². The summed E-state index contributed by atoms with van der Waals surface area (Å²) < 4.78 is 1.75. The van der Waals surface area contributed by atoms with Gasteiger partial charge in [-0.3, -0.25) is 19.2 Å². The Bertz CT molecular complexity index is 891. The number of likely N-dealkylation sites (tertiary alicyclic amines) is 1. The van der Waals surface area contributed by atoms with Crippen LogP contribution < -0.4 is 11.1 Å². The molecular weight excluding hydrogens is 380 g/mol. The lowest BCUT2D eigenvalue weighted by molar-refractivity contribution is -0.117. The highest BCUT2D eigenvalue weighted by atomic mass is 16.2. The number of nitrogens with two attached hydrogens (primary N) is 1. The highest BCUT2D eigenvalue weighted by Crippen LogP contribution is 2.51. The topological polar surface area (TPSA) is 117 Å². The van der Waals surface area contributed by atoms with Gasteiger partial charge in [-0.1, -0.05) is 6.42 Å². The summed E-state index contributed by atoms with van der Waals surface area (Å²) >= 11 is 0. The van der Waals surface area contributed by atoms with Crippen LogP contribution >= 0.6 is 0 Å². The van der Waals surface area contributed by atoms with Crippen LogP contribution in [0, 0.1) is 22.7 Å². The van der Waals surface area contributed by atoms with Gasteiger partial charge in [-0.2, -0.15) is 10.4 Å². The molecular formula is C22H30N6O2. The molecule has 4 aliphatic rings. The number of nitriles is 1. The van der Waals surface area contributed by atoms with Crippen molar-refractivity contribution in [3.8, 4) is 6.07 Å². The minimum absolute atomic E-state index is 0.00914. The molecule has 1 saturated heterocycles. The third-order valence-corrected chi connectivity index (χ3v) is 7.96. The van der Waals surface area contributed by atoms with Gasteiger partial charge in [-0.25, -0.2) is 0 Å². The largest absolute Gasteiger partial charge is 0.365 e. The molecule has 1 spiro atoms. The summed E-state index contributed by atoms with van der Waals surface area (Å²) in [6, 6.07) is 2.90. The molecule has 3 aliphatic carbocycles. The second kappa shape index (κ2) is 7.09. The average Bonchev–Trinajstić information content (AvgIpc) is 3.41. The van der Waals surface area contributed by atoms with Crippen molar-refractivity contribution < 1.29 is 9.59 Å². The molecule has 160 valence electrons. The van der Waals surface area contributed by atoms with Crippen LogP contribution in [0.3, 0.4) is 0 Å². The first-order valence-electron chi connectivity index (χ1n) is 11.3. The van der Waals surface area contributed by atoms with Crippen molar-refractivity contribution in [2.24, 2.45) is 17.1 Å². The summed E-state index contributed by atoms with van der Waals surface area (Å²) in [5.41, 5.74) is 5.95. The zero-order valence-electron chi connectivity index (χ0n) is 17.4. The molecule has 3 saturated carbocycles. The van der Waals surface area contributed by atoms with Gasteiger partial charge in [-0.15, -0.1) is 0 Å². The van der Waals surface area contributed by atoms with Gasteiger partial charge < -0.3 is 11.1 Å². The summed E-state index contributed by atoms with van der Waals surface area (Å²) in [6.07, 6.45) is 11.6. The highest BCUT2D eigenvalue weighted by molar-refractivity contribution is 6.02. The van der Waals surface area contributed by atoms with Crippen LogP contribution in [0.5, 0.6) is 0 Å². The molecule has 0 unspecified atom stereocenters. The van der Waals surface area contributed by atoms with Crippen LogP contribution in [0.15, 0.2) is 6.20 Å². The van der Waals surface area contributed by atoms with Gasteiger partial charge in [0.2, 0.25) is 5.91 Å². The Morgan fingerprint density at radius 2 is 1.90 bits per heavy atom. The van der Waals surface area contributed by atoms with Crippen LogP contribution in [-0.2, 0) is 10.3 Å². The summed E-state index contributed by atoms with van der Waals surface area (Å²) in [4.78, 5) is 26.8. The van der Waals surface area contributed by atoms with Crippen molar-refractivity contribution >= 4 is 17.6 Å². The number of nitrogens with zero attached hydrogens (tertiary/aromatic N) is 4.